The van der Waals surface area contributed by atoms with E-state index in [0.29, 0.717) is 17.4 Å². The summed E-state index contributed by atoms with van der Waals surface area (Å²) in [5.74, 6) is -2.19. The zero-order chi connectivity index (χ0) is 18.0. The lowest BCUT2D eigenvalue weighted by Crippen LogP contribution is -2.28. The highest BCUT2D eigenvalue weighted by molar-refractivity contribution is 5.79. The van der Waals surface area contributed by atoms with E-state index in [1.807, 2.05) is 0 Å². The number of furan rings is 1. The Morgan fingerprint density at radius 3 is 2.68 bits per heavy atom. The number of aromatic hydroxyl groups is 1. The van der Waals surface area contributed by atoms with Crippen LogP contribution in [0.5, 0.6) is 5.75 Å². The maximum Gasteiger partial charge on any atom is 0.396 e. The number of fused-ring (bicyclic) bond motifs is 1. The Bertz CT molecular complexity index is 799. The van der Waals surface area contributed by atoms with Crippen molar-refractivity contribution in [2.75, 3.05) is 0 Å². The van der Waals surface area contributed by atoms with Gasteiger partial charge in [0.15, 0.2) is 0 Å². The van der Waals surface area contributed by atoms with Gasteiger partial charge in [-0.3, -0.25) is 0 Å². The van der Waals surface area contributed by atoms with E-state index in [-0.39, 0.29) is 11.5 Å². The van der Waals surface area contributed by atoms with Crippen LogP contribution in [0.1, 0.15) is 44.3 Å². The molecule has 1 aliphatic carbocycles. The van der Waals surface area contributed by atoms with Crippen molar-refractivity contribution in [2.45, 2.75) is 44.7 Å². The minimum Gasteiger partial charge on any atom is -0.508 e. The Labute approximate surface area is 144 Å². The molecule has 2 nitrogen and oxygen atoms in total. The van der Waals surface area contributed by atoms with E-state index in [0.717, 1.165) is 24.8 Å². The van der Waals surface area contributed by atoms with Gasteiger partial charge in [0.25, 0.3) is 0 Å². The highest BCUT2D eigenvalue weighted by atomic mass is 19.4. The summed E-state index contributed by atoms with van der Waals surface area (Å²) in [4.78, 5) is 0. The first-order valence-electron chi connectivity index (χ1n) is 8.56. The Balaban J connectivity index is 1.90. The summed E-state index contributed by atoms with van der Waals surface area (Å²) >= 11 is 0. The van der Waals surface area contributed by atoms with Gasteiger partial charge in [-0.15, -0.1) is 0 Å². The second kappa shape index (κ2) is 6.98. The fraction of sp³-hybridized carbons (Fsp3) is 0.400. The molecule has 2 atom stereocenters. The fourth-order valence-electron chi connectivity index (χ4n) is 3.26. The first-order valence-corrected chi connectivity index (χ1v) is 8.56. The summed E-state index contributed by atoms with van der Waals surface area (Å²) in [6.45, 7) is 2.07. The third-order valence-electron chi connectivity index (χ3n) is 4.60. The predicted octanol–water partition coefficient (Wildman–Crippen LogP) is 6.48. The second-order valence-corrected chi connectivity index (χ2v) is 6.52. The highest BCUT2D eigenvalue weighted by Crippen LogP contribution is 2.44. The number of hydrogen-bond acceptors (Lipinski definition) is 2. The van der Waals surface area contributed by atoms with Crippen LogP contribution < -0.4 is 0 Å². The molecule has 0 bridgehead atoms. The molecule has 0 spiro atoms. The van der Waals surface area contributed by atoms with E-state index in [2.05, 4.69) is 6.92 Å². The molecule has 1 aliphatic rings. The lowest BCUT2D eigenvalue weighted by Gasteiger charge is -2.27. The number of unbranched alkanes of at least 4 members (excludes halogenated alkanes) is 2. The largest absolute Gasteiger partial charge is 0.508 e. The zero-order valence-corrected chi connectivity index (χ0v) is 14.0. The van der Waals surface area contributed by atoms with Crippen LogP contribution in [0.3, 0.4) is 0 Å². The molecular weight excluding hydrogens is 329 g/mol. The summed E-state index contributed by atoms with van der Waals surface area (Å²) < 4.78 is 46.4. The van der Waals surface area contributed by atoms with Gasteiger partial charge in [-0.05, 0) is 31.0 Å². The highest BCUT2D eigenvalue weighted by Gasteiger charge is 2.45. The number of benzene rings is 1. The van der Waals surface area contributed by atoms with Crippen LogP contribution in [-0.2, 0) is 0 Å². The van der Waals surface area contributed by atoms with E-state index in [1.165, 1.54) is 18.2 Å². The van der Waals surface area contributed by atoms with Crippen molar-refractivity contribution in [3.63, 3.8) is 0 Å². The lowest BCUT2D eigenvalue weighted by atomic mass is 9.82. The molecule has 1 aromatic carbocycles. The van der Waals surface area contributed by atoms with Crippen LogP contribution >= 0.6 is 0 Å². The van der Waals surface area contributed by atoms with Crippen molar-refractivity contribution in [1.29, 1.82) is 0 Å². The number of rotatable bonds is 5. The summed E-state index contributed by atoms with van der Waals surface area (Å²) in [6, 6.07) is 6.17. The Hall–Kier alpha value is -2.17. The first-order chi connectivity index (χ1) is 11.9. The standard InChI is InChI=1S/C20H21F3O2/c1-2-3-4-5-13-6-9-16(17(10-13)20(21,22)23)19-11-14-7-8-15(24)12-18(14)25-19/h6-12,16-17,24H,2-5H2,1H3. The minimum atomic E-state index is -4.34. The van der Waals surface area contributed by atoms with E-state index in [1.54, 1.807) is 24.3 Å². The molecule has 0 saturated heterocycles. The monoisotopic (exact) mass is 350 g/mol. The van der Waals surface area contributed by atoms with Crippen molar-refractivity contribution in [3.05, 3.63) is 53.8 Å². The van der Waals surface area contributed by atoms with Gasteiger partial charge in [0, 0.05) is 11.5 Å². The predicted molar refractivity (Wildman–Crippen MR) is 91.5 cm³/mol. The molecule has 25 heavy (non-hydrogen) atoms. The van der Waals surface area contributed by atoms with Gasteiger partial charge in [-0.25, -0.2) is 0 Å². The van der Waals surface area contributed by atoms with Crippen molar-refractivity contribution in [1.82, 2.24) is 0 Å². The molecular formula is C20H21F3O2. The van der Waals surface area contributed by atoms with Crippen LogP contribution in [0.4, 0.5) is 13.2 Å². The topological polar surface area (TPSA) is 33.4 Å². The van der Waals surface area contributed by atoms with Crippen molar-refractivity contribution in [3.8, 4) is 5.75 Å². The number of halogens is 3. The van der Waals surface area contributed by atoms with E-state index in [4.69, 9.17) is 4.42 Å². The molecule has 134 valence electrons. The molecule has 0 radical (unpaired) electrons. The van der Waals surface area contributed by atoms with E-state index < -0.39 is 18.0 Å². The summed E-state index contributed by atoms with van der Waals surface area (Å²) in [6.07, 6.45) is 3.98. The average Bonchev–Trinajstić information content (AvgIpc) is 2.97. The third-order valence-corrected chi connectivity index (χ3v) is 4.60. The van der Waals surface area contributed by atoms with Gasteiger partial charge in [0.1, 0.15) is 17.1 Å². The summed E-state index contributed by atoms with van der Waals surface area (Å²) in [5.41, 5.74) is 1.13. The molecule has 2 aromatic rings. The maximum atomic E-state index is 13.6. The van der Waals surface area contributed by atoms with Crippen molar-refractivity contribution >= 4 is 11.0 Å². The number of phenolic OH excluding ortho intramolecular Hbond substituents is 1. The molecule has 2 unspecified atom stereocenters. The maximum absolute atomic E-state index is 13.6. The SMILES string of the molecule is CCCCCC1=CC(C(F)(F)F)C(c2cc3ccc(O)cc3o2)C=C1. The number of hydrogen-bond donors (Lipinski definition) is 1. The molecule has 0 fully saturated rings. The van der Waals surface area contributed by atoms with Crippen molar-refractivity contribution in [2.24, 2.45) is 5.92 Å². The Morgan fingerprint density at radius 2 is 1.96 bits per heavy atom. The molecule has 0 saturated carbocycles. The molecule has 1 heterocycles. The van der Waals surface area contributed by atoms with E-state index >= 15 is 0 Å². The van der Waals surface area contributed by atoms with Crippen LogP contribution in [-0.4, -0.2) is 11.3 Å². The first kappa shape index (κ1) is 17.6. The third kappa shape index (κ3) is 3.91. The van der Waals surface area contributed by atoms with Gasteiger partial charge in [-0.1, -0.05) is 43.6 Å². The van der Waals surface area contributed by atoms with Gasteiger partial charge in [-0.2, -0.15) is 13.2 Å². The number of phenols is 1. The summed E-state index contributed by atoms with van der Waals surface area (Å²) in [7, 11) is 0. The minimum absolute atomic E-state index is 0.0260. The smallest absolute Gasteiger partial charge is 0.396 e. The molecule has 0 amide bonds. The lowest BCUT2D eigenvalue weighted by molar-refractivity contribution is -0.165. The quantitative estimate of drug-likeness (QED) is 0.626. The van der Waals surface area contributed by atoms with Gasteiger partial charge < -0.3 is 9.52 Å². The molecule has 0 aliphatic heterocycles. The molecule has 3 rings (SSSR count). The van der Waals surface area contributed by atoms with Gasteiger partial charge in [0.05, 0.1) is 11.8 Å². The fourth-order valence-corrected chi connectivity index (χ4v) is 3.26. The van der Waals surface area contributed by atoms with Crippen molar-refractivity contribution < 1.29 is 22.7 Å². The average molecular weight is 350 g/mol. The Morgan fingerprint density at radius 1 is 1.16 bits per heavy atom. The van der Waals surface area contributed by atoms with Gasteiger partial charge in [0.2, 0.25) is 0 Å². The van der Waals surface area contributed by atoms with Crippen LogP contribution in [0.15, 0.2) is 52.5 Å². The number of alkyl halides is 3. The van der Waals surface area contributed by atoms with Crippen LogP contribution in [0.2, 0.25) is 0 Å². The zero-order valence-electron chi connectivity index (χ0n) is 14.0. The normalized spacial score (nSPS) is 20.9. The molecule has 5 heteroatoms. The van der Waals surface area contributed by atoms with E-state index in [9.17, 15) is 18.3 Å². The number of allylic oxidation sites excluding steroid dienone is 4. The molecule has 1 N–H and O–H groups in total. The van der Waals surface area contributed by atoms with Crippen LogP contribution in [0.25, 0.3) is 11.0 Å². The van der Waals surface area contributed by atoms with Crippen LogP contribution in [0, 0.1) is 5.92 Å². The molecule has 1 aromatic heterocycles. The Kier molecular flexibility index (Phi) is 4.93. The second-order valence-electron chi connectivity index (χ2n) is 6.52. The summed E-state index contributed by atoms with van der Waals surface area (Å²) in [5, 5.41) is 10.2. The van der Waals surface area contributed by atoms with Gasteiger partial charge >= 0.3 is 6.18 Å².